The van der Waals surface area contributed by atoms with Gasteiger partial charge < -0.3 is 24.5 Å². The predicted octanol–water partition coefficient (Wildman–Crippen LogP) is -0.0617. The first-order chi connectivity index (χ1) is 13.9. The van der Waals surface area contributed by atoms with E-state index in [1.807, 2.05) is 0 Å². The van der Waals surface area contributed by atoms with Gasteiger partial charge in [-0.25, -0.2) is 0 Å². The molecule has 152 valence electrons. The van der Waals surface area contributed by atoms with Crippen LogP contribution in [0.2, 0.25) is 0 Å². The minimum absolute atomic E-state index is 0. The molecule has 0 aliphatic carbocycles. The largest absolute Gasteiger partial charge is 1.00 e. The molecule has 2 aromatic carbocycles. The van der Waals surface area contributed by atoms with Gasteiger partial charge in [-0.15, -0.1) is 6.58 Å². The van der Waals surface area contributed by atoms with Crippen LogP contribution in [0.5, 0.6) is 17.2 Å². The monoisotopic (exact) mass is 418 g/mol. The number of phenolic OH excluding ortho intramolecular Hbond substituents is 1. The van der Waals surface area contributed by atoms with Gasteiger partial charge in [0.05, 0.1) is 19.2 Å². The van der Waals surface area contributed by atoms with Crippen molar-refractivity contribution in [2.24, 2.45) is 0 Å². The van der Waals surface area contributed by atoms with Crippen molar-refractivity contribution < 1.29 is 58.8 Å². The molecule has 0 aliphatic heterocycles. The number of carboxylic acids is 1. The van der Waals surface area contributed by atoms with Gasteiger partial charge in [0.2, 0.25) is 0 Å². The average Bonchev–Trinajstić information content (AvgIpc) is 2.68. The molecule has 0 amide bonds. The first kappa shape index (κ1) is 25.5. The van der Waals surface area contributed by atoms with Crippen LogP contribution in [0.1, 0.15) is 34.8 Å². The predicted molar refractivity (Wildman–Crippen MR) is 108 cm³/mol. The SMILES string of the molecule is C=CCc1ccc(OCCCOc2ccc(/C=C/C(=O)[O-])cc2)c(C(C)=O)c1O.[Na+]. The minimum Gasteiger partial charge on any atom is -0.545 e. The van der Waals surface area contributed by atoms with Crippen molar-refractivity contribution in [3.8, 4) is 17.2 Å². The Labute approximate surface area is 198 Å². The Balaban J connectivity index is 0.00000450. The summed E-state index contributed by atoms with van der Waals surface area (Å²) in [6, 6.07) is 10.3. The van der Waals surface area contributed by atoms with Crippen LogP contribution in [0.4, 0.5) is 0 Å². The summed E-state index contributed by atoms with van der Waals surface area (Å²) in [5, 5.41) is 20.7. The first-order valence-corrected chi connectivity index (χ1v) is 9.13. The van der Waals surface area contributed by atoms with Crippen molar-refractivity contribution in [2.45, 2.75) is 19.8 Å². The van der Waals surface area contributed by atoms with Gasteiger partial charge >= 0.3 is 29.6 Å². The first-order valence-electron chi connectivity index (χ1n) is 9.13. The quantitative estimate of drug-likeness (QED) is 0.181. The number of ketones is 1. The summed E-state index contributed by atoms with van der Waals surface area (Å²) < 4.78 is 11.3. The zero-order valence-corrected chi connectivity index (χ0v) is 19.2. The zero-order valence-electron chi connectivity index (χ0n) is 17.2. The number of aromatic hydroxyl groups is 1. The van der Waals surface area contributed by atoms with Gasteiger partial charge in [-0.05, 0) is 48.7 Å². The summed E-state index contributed by atoms with van der Waals surface area (Å²) in [6.45, 7) is 5.73. The number of hydrogen-bond donors (Lipinski definition) is 1. The molecule has 6 nitrogen and oxygen atoms in total. The molecule has 0 saturated heterocycles. The fraction of sp³-hybridized carbons (Fsp3) is 0.217. The summed E-state index contributed by atoms with van der Waals surface area (Å²) >= 11 is 0. The van der Waals surface area contributed by atoms with Crippen LogP contribution >= 0.6 is 0 Å². The topological polar surface area (TPSA) is 95.9 Å². The number of benzene rings is 2. The normalized spacial score (nSPS) is 10.3. The van der Waals surface area contributed by atoms with Gasteiger partial charge in [0.15, 0.2) is 5.78 Å². The summed E-state index contributed by atoms with van der Waals surface area (Å²) in [7, 11) is 0. The smallest absolute Gasteiger partial charge is 0.545 e. The van der Waals surface area contributed by atoms with E-state index in [0.29, 0.717) is 43.1 Å². The van der Waals surface area contributed by atoms with Crippen LogP contribution < -0.4 is 44.1 Å². The van der Waals surface area contributed by atoms with Gasteiger partial charge in [-0.3, -0.25) is 4.79 Å². The van der Waals surface area contributed by atoms with Gasteiger partial charge in [-0.1, -0.05) is 30.4 Å². The van der Waals surface area contributed by atoms with E-state index in [9.17, 15) is 19.8 Å². The Morgan fingerprint density at radius 2 is 1.77 bits per heavy atom. The number of hydrogen-bond acceptors (Lipinski definition) is 6. The van der Waals surface area contributed by atoms with E-state index in [2.05, 4.69) is 6.58 Å². The Morgan fingerprint density at radius 1 is 1.10 bits per heavy atom. The standard InChI is InChI=1S/C23H24O6.Na/c1-3-5-18-9-12-20(22(16(2)24)23(18)27)29-15-4-14-28-19-10-6-17(7-11-19)8-13-21(25)26;/h3,6-13,27H,1,4-5,14-15H2,2H3,(H,25,26);/q;+1/p-1/b13-8+;. The number of Topliss-reactive ketones (excluding diaryl/α,β-unsaturated/α-hetero) is 1. The summed E-state index contributed by atoms with van der Waals surface area (Å²) in [5.74, 6) is -0.605. The van der Waals surface area contributed by atoms with Crippen molar-refractivity contribution in [3.05, 3.63) is 71.8 Å². The molecule has 2 aromatic rings. The van der Waals surface area contributed by atoms with Gasteiger partial charge in [0, 0.05) is 6.42 Å². The average molecular weight is 418 g/mol. The van der Waals surface area contributed by atoms with E-state index in [1.165, 1.54) is 13.0 Å². The van der Waals surface area contributed by atoms with E-state index in [4.69, 9.17) is 9.47 Å². The second-order valence-corrected chi connectivity index (χ2v) is 6.27. The van der Waals surface area contributed by atoms with Crippen molar-refractivity contribution >= 4 is 17.8 Å². The van der Waals surface area contributed by atoms with Crippen LogP contribution in [0.25, 0.3) is 6.08 Å². The van der Waals surface area contributed by atoms with Gasteiger partial charge in [0.25, 0.3) is 0 Å². The molecule has 0 spiro atoms. The number of carboxylic acid groups (broad SMARTS) is 1. The Hall–Kier alpha value is -2.54. The fourth-order valence-electron chi connectivity index (χ4n) is 2.67. The minimum atomic E-state index is -1.25. The summed E-state index contributed by atoms with van der Waals surface area (Å²) in [4.78, 5) is 22.3. The molecule has 2 rings (SSSR count). The number of aliphatic carboxylic acids is 1. The third-order valence-electron chi connectivity index (χ3n) is 4.05. The van der Waals surface area contributed by atoms with E-state index in [-0.39, 0.29) is 46.7 Å². The molecule has 0 atom stereocenters. The molecular weight excluding hydrogens is 395 g/mol. The molecule has 0 aliphatic rings. The molecule has 0 radical (unpaired) electrons. The molecule has 0 saturated carbocycles. The van der Waals surface area contributed by atoms with E-state index in [1.54, 1.807) is 42.5 Å². The van der Waals surface area contributed by atoms with Crippen LogP contribution in [0, 0.1) is 0 Å². The number of carbonyl (C=O) groups is 2. The second kappa shape index (κ2) is 12.9. The van der Waals surface area contributed by atoms with E-state index < -0.39 is 5.97 Å². The van der Waals surface area contributed by atoms with Crippen molar-refractivity contribution in [1.29, 1.82) is 0 Å². The molecule has 0 bridgehead atoms. The zero-order chi connectivity index (χ0) is 21.2. The summed E-state index contributed by atoms with van der Waals surface area (Å²) in [6.07, 6.45) is 5.09. The van der Waals surface area contributed by atoms with Crippen LogP contribution in [0.15, 0.2) is 55.1 Å². The maximum atomic E-state index is 11.9. The van der Waals surface area contributed by atoms with Crippen molar-refractivity contribution in [1.82, 2.24) is 0 Å². The molecule has 0 fully saturated rings. The number of carbonyl (C=O) groups excluding carboxylic acids is 2. The number of rotatable bonds is 11. The summed E-state index contributed by atoms with van der Waals surface area (Å²) in [5.41, 5.74) is 1.52. The van der Waals surface area contributed by atoms with Crippen molar-refractivity contribution in [2.75, 3.05) is 13.2 Å². The third-order valence-corrected chi connectivity index (χ3v) is 4.05. The number of ether oxygens (including phenoxy) is 2. The van der Waals surface area contributed by atoms with Gasteiger partial charge in [0.1, 0.15) is 22.8 Å². The molecule has 30 heavy (non-hydrogen) atoms. The fourth-order valence-corrected chi connectivity index (χ4v) is 2.67. The number of allylic oxidation sites excluding steroid dienone is 1. The molecule has 7 heteroatoms. The number of phenols is 1. The van der Waals surface area contributed by atoms with E-state index in [0.717, 1.165) is 11.6 Å². The van der Waals surface area contributed by atoms with Crippen LogP contribution in [-0.2, 0) is 11.2 Å². The van der Waals surface area contributed by atoms with Gasteiger partial charge in [-0.2, -0.15) is 0 Å². The molecule has 1 N–H and O–H groups in total. The maximum absolute atomic E-state index is 11.9. The Kier molecular flexibility index (Phi) is 11.0. The van der Waals surface area contributed by atoms with Crippen molar-refractivity contribution in [3.63, 3.8) is 0 Å². The third kappa shape index (κ3) is 7.71. The molecule has 0 aromatic heterocycles. The maximum Gasteiger partial charge on any atom is 1.00 e. The Bertz CT molecular complexity index is 903. The van der Waals surface area contributed by atoms with E-state index >= 15 is 0 Å². The molecule has 0 unspecified atom stereocenters. The van der Waals surface area contributed by atoms with Crippen LogP contribution in [-0.4, -0.2) is 30.1 Å². The second-order valence-electron chi connectivity index (χ2n) is 6.27. The molecular formula is C23H23NaO6. The molecule has 0 heterocycles. The Morgan fingerprint density at radius 3 is 2.37 bits per heavy atom. The van der Waals surface area contributed by atoms with Crippen LogP contribution in [0.3, 0.4) is 0 Å².